The van der Waals surface area contributed by atoms with E-state index in [9.17, 15) is 9.59 Å². The Morgan fingerprint density at radius 2 is 1.76 bits per heavy atom. The molecule has 1 N–H and O–H groups in total. The van der Waals surface area contributed by atoms with Crippen LogP contribution in [0.2, 0.25) is 0 Å². The maximum Gasteiger partial charge on any atom is 0.327 e. The number of ether oxygens (including phenoxy) is 2. The lowest BCUT2D eigenvalue weighted by atomic mass is 10.1. The molecule has 1 aromatic carbocycles. The van der Waals surface area contributed by atoms with Crippen molar-refractivity contribution >= 4 is 11.9 Å². The van der Waals surface area contributed by atoms with E-state index in [2.05, 4.69) is 5.32 Å². The van der Waals surface area contributed by atoms with E-state index in [-0.39, 0.29) is 11.9 Å². The van der Waals surface area contributed by atoms with Crippen molar-refractivity contribution in [1.29, 1.82) is 0 Å². The Hall–Kier alpha value is -1.88. The maximum atomic E-state index is 12.0. The summed E-state index contributed by atoms with van der Waals surface area (Å²) in [6.07, 6.45) is 0.951. The molecule has 1 rings (SSSR count). The molecular formula is C16H23NO4. The van der Waals surface area contributed by atoms with Gasteiger partial charge in [-0.05, 0) is 32.4 Å². The minimum Gasteiger partial charge on any atom is -0.466 e. The number of carbonyl (C=O) groups is 2. The molecule has 0 saturated heterocycles. The topological polar surface area (TPSA) is 64.6 Å². The van der Waals surface area contributed by atoms with E-state index in [1.54, 1.807) is 13.8 Å². The quantitative estimate of drug-likeness (QED) is 0.558. The first-order valence-electron chi connectivity index (χ1n) is 7.29. The molecule has 5 heteroatoms. The molecule has 1 unspecified atom stereocenters. The van der Waals surface area contributed by atoms with E-state index >= 15 is 0 Å². The Morgan fingerprint density at radius 3 is 2.38 bits per heavy atom. The Balaban J connectivity index is 2.51. The molecule has 0 fully saturated rings. The molecule has 0 heterocycles. The monoisotopic (exact) mass is 293 g/mol. The van der Waals surface area contributed by atoms with Crippen LogP contribution in [0.4, 0.5) is 0 Å². The molecule has 21 heavy (non-hydrogen) atoms. The van der Waals surface area contributed by atoms with Crippen molar-refractivity contribution < 1.29 is 19.1 Å². The highest BCUT2D eigenvalue weighted by Crippen LogP contribution is 2.14. The van der Waals surface area contributed by atoms with Gasteiger partial charge in [0.25, 0.3) is 0 Å². The van der Waals surface area contributed by atoms with E-state index in [0.29, 0.717) is 32.6 Å². The summed E-state index contributed by atoms with van der Waals surface area (Å²) in [5.41, 5.74) is 0.854. The van der Waals surface area contributed by atoms with E-state index < -0.39 is 6.04 Å². The summed E-state index contributed by atoms with van der Waals surface area (Å²) in [6.45, 7) is 4.83. The predicted octanol–water partition coefficient (Wildman–Crippen LogP) is 2.22. The summed E-state index contributed by atoms with van der Waals surface area (Å²) >= 11 is 0. The summed E-state index contributed by atoms with van der Waals surface area (Å²) in [5, 5.41) is 3.14. The van der Waals surface area contributed by atoms with Crippen LogP contribution >= 0.6 is 0 Å². The van der Waals surface area contributed by atoms with E-state index in [1.165, 1.54) is 0 Å². The molecule has 0 aliphatic carbocycles. The normalized spacial score (nSPS) is 11.7. The lowest BCUT2D eigenvalue weighted by molar-refractivity contribution is -0.145. The number of hydrogen-bond acceptors (Lipinski definition) is 5. The molecule has 0 spiro atoms. The van der Waals surface area contributed by atoms with E-state index in [4.69, 9.17) is 9.47 Å². The lowest BCUT2D eigenvalue weighted by Crippen LogP contribution is -2.31. The number of carbonyl (C=O) groups excluding carboxylic acids is 2. The van der Waals surface area contributed by atoms with Crippen LogP contribution in [0, 0.1) is 0 Å². The van der Waals surface area contributed by atoms with Crippen LogP contribution in [0.15, 0.2) is 30.3 Å². The lowest BCUT2D eigenvalue weighted by Gasteiger charge is -2.17. The first-order chi connectivity index (χ1) is 10.2. The molecule has 0 aliphatic heterocycles. The molecule has 116 valence electrons. The average Bonchev–Trinajstić information content (AvgIpc) is 2.48. The zero-order chi connectivity index (χ0) is 15.5. The first kappa shape index (κ1) is 17.2. The van der Waals surface area contributed by atoms with Gasteiger partial charge in [-0.3, -0.25) is 4.79 Å². The predicted molar refractivity (Wildman–Crippen MR) is 79.7 cm³/mol. The highest BCUT2D eigenvalue weighted by atomic mass is 16.5. The first-order valence-corrected chi connectivity index (χ1v) is 7.29. The second-order valence-electron chi connectivity index (χ2n) is 4.46. The SMILES string of the molecule is CCOC(=O)CCCNC(C(=O)OCC)c1ccccc1. The smallest absolute Gasteiger partial charge is 0.327 e. The highest BCUT2D eigenvalue weighted by molar-refractivity contribution is 5.77. The van der Waals surface area contributed by atoms with Gasteiger partial charge in [0.05, 0.1) is 13.2 Å². The van der Waals surface area contributed by atoms with Gasteiger partial charge in [0.2, 0.25) is 0 Å². The Labute approximate surface area is 125 Å². The number of hydrogen-bond donors (Lipinski definition) is 1. The van der Waals surface area contributed by atoms with Gasteiger partial charge in [-0.2, -0.15) is 0 Å². The molecule has 1 aromatic rings. The molecule has 0 radical (unpaired) electrons. The minimum absolute atomic E-state index is 0.216. The largest absolute Gasteiger partial charge is 0.466 e. The zero-order valence-corrected chi connectivity index (χ0v) is 12.6. The van der Waals surface area contributed by atoms with Gasteiger partial charge < -0.3 is 14.8 Å². The summed E-state index contributed by atoms with van der Waals surface area (Å²) in [7, 11) is 0. The molecule has 5 nitrogen and oxygen atoms in total. The van der Waals surface area contributed by atoms with Gasteiger partial charge in [-0.25, -0.2) is 4.79 Å². The van der Waals surface area contributed by atoms with Crippen molar-refractivity contribution in [2.45, 2.75) is 32.7 Å². The number of rotatable bonds is 9. The summed E-state index contributed by atoms with van der Waals surface area (Å²) in [6, 6.07) is 8.89. The minimum atomic E-state index is -0.506. The molecule has 0 bridgehead atoms. The Kier molecular flexibility index (Phi) is 8.12. The number of nitrogens with one attached hydrogen (secondary N) is 1. The van der Waals surface area contributed by atoms with Gasteiger partial charge in [-0.15, -0.1) is 0 Å². The third-order valence-corrected chi connectivity index (χ3v) is 2.87. The number of benzene rings is 1. The van der Waals surface area contributed by atoms with Crippen LogP contribution in [-0.4, -0.2) is 31.7 Å². The van der Waals surface area contributed by atoms with E-state index in [1.807, 2.05) is 30.3 Å². The van der Waals surface area contributed by atoms with Crippen LogP contribution in [0.5, 0.6) is 0 Å². The zero-order valence-electron chi connectivity index (χ0n) is 12.6. The molecular weight excluding hydrogens is 270 g/mol. The van der Waals surface area contributed by atoms with Crippen molar-refractivity contribution in [2.75, 3.05) is 19.8 Å². The van der Waals surface area contributed by atoms with Crippen LogP contribution in [0.3, 0.4) is 0 Å². The van der Waals surface area contributed by atoms with Crippen molar-refractivity contribution in [3.05, 3.63) is 35.9 Å². The maximum absolute atomic E-state index is 12.0. The van der Waals surface area contributed by atoms with Crippen molar-refractivity contribution in [3.63, 3.8) is 0 Å². The van der Waals surface area contributed by atoms with E-state index in [0.717, 1.165) is 5.56 Å². The van der Waals surface area contributed by atoms with Crippen LogP contribution in [0.25, 0.3) is 0 Å². The molecule has 0 amide bonds. The fraction of sp³-hybridized carbons (Fsp3) is 0.500. The fourth-order valence-corrected chi connectivity index (χ4v) is 1.92. The molecule has 0 aromatic heterocycles. The van der Waals surface area contributed by atoms with Gasteiger partial charge >= 0.3 is 11.9 Å². The Morgan fingerprint density at radius 1 is 1.10 bits per heavy atom. The molecule has 0 saturated carbocycles. The number of esters is 2. The van der Waals surface area contributed by atoms with Crippen LogP contribution in [0.1, 0.15) is 38.3 Å². The van der Waals surface area contributed by atoms with Gasteiger partial charge in [0.1, 0.15) is 6.04 Å². The van der Waals surface area contributed by atoms with Gasteiger partial charge in [0, 0.05) is 6.42 Å². The van der Waals surface area contributed by atoms with Crippen molar-refractivity contribution in [2.24, 2.45) is 0 Å². The third kappa shape index (κ3) is 6.40. The Bertz CT molecular complexity index is 433. The molecule has 1 atom stereocenters. The van der Waals surface area contributed by atoms with Gasteiger partial charge in [0.15, 0.2) is 0 Å². The summed E-state index contributed by atoms with van der Waals surface area (Å²) in [4.78, 5) is 23.3. The third-order valence-electron chi connectivity index (χ3n) is 2.87. The summed E-state index contributed by atoms with van der Waals surface area (Å²) < 4.78 is 9.94. The average molecular weight is 293 g/mol. The van der Waals surface area contributed by atoms with Crippen LogP contribution < -0.4 is 5.32 Å². The molecule has 0 aliphatic rings. The highest BCUT2D eigenvalue weighted by Gasteiger charge is 2.20. The second-order valence-corrected chi connectivity index (χ2v) is 4.46. The van der Waals surface area contributed by atoms with Crippen LogP contribution in [-0.2, 0) is 19.1 Å². The van der Waals surface area contributed by atoms with Crippen molar-refractivity contribution in [3.8, 4) is 0 Å². The standard InChI is InChI=1S/C16H23NO4/c1-3-20-14(18)11-8-12-17-15(16(19)21-4-2)13-9-6-5-7-10-13/h5-7,9-10,15,17H,3-4,8,11-12H2,1-2H3. The second kappa shape index (κ2) is 9.94. The summed E-state index contributed by atoms with van der Waals surface area (Å²) in [5.74, 6) is -0.522. The van der Waals surface area contributed by atoms with Gasteiger partial charge in [-0.1, -0.05) is 30.3 Å². The fourth-order valence-electron chi connectivity index (χ4n) is 1.92. The van der Waals surface area contributed by atoms with Crippen molar-refractivity contribution in [1.82, 2.24) is 5.32 Å².